The molecule has 3 saturated heterocycles. The fraction of sp³-hybridized carbons (Fsp3) is 0.690. The number of amides is 2. The second kappa shape index (κ2) is 14.2. The number of carbonyl (C=O) groups is 3. The van der Waals surface area contributed by atoms with Crippen LogP contribution in [0, 0.1) is 5.92 Å². The first-order valence-electron chi connectivity index (χ1n) is 13.5. The van der Waals surface area contributed by atoms with Gasteiger partial charge in [0.2, 0.25) is 5.91 Å². The van der Waals surface area contributed by atoms with Gasteiger partial charge in [0, 0.05) is 18.2 Å². The fourth-order valence-corrected chi connectivity index (χ4v) is 6.57. The maximum Gasteiger partial charge on any atom is 0.251 e. The molecule has 4 aliphatic rings. The van der Waals surface area contributed by atoms with Crippen molar-refractivity contribution in [1.82, 2.24) is 15.1 Å². The number of hydrogen-bond donors (Lipinski definition) is 1. The van der Waals surface area contributed by atoms with Crippen LogP contribution in [-0.2, 0) is 14.3 Å². The second-order valence-electron chi connectivity index (χ2n) is 11.1. The number of nitrogens with one attached hydrogen (secondary N) is 1. The lowest BCUT2D eigenvalue weighted by Crippen LogP contribution is -2.54. The molecule has 214 valence electrons. The molecular formula is C29H47N3O4S2. The molecule has 1 aromatic rings. The summed E-state index contributed by atoms with van der Waals surface area (Å²) >= 11 is 0. The van der Waals surface area contributed by atoms with Gasteiger partial charge in [-0.3, -0.25) is 14.4 Å². The number of nitrogens with zero attached hydrogens (tertiary/aromatic N) is 2. The van der Waals surface area contributed by atoms with E-state index in [2.05, 4.69) is 36.2 Å². The van der Waals surface area contributed by atoms with Crippen LogP contribution in [0.25, 0.3) is 0 Å². The Morgan fingerprint density at radius 1 is 0.947 bits per heavy atom. The third kappa shape index (κ3) is 6.77. The van der Waals surface area contributed by atoms with Gasteiger partial charge >= 0.3 is 0 Å². The van der Waals surface area contributed by atoms with Crippen LogP contribution in [0.2, 0.25) is 0 Å². The third-order valence-corrected chi connectivity index (χ3v) is 8.72. The molecule has 3 heterocycles. The first-order valence-corrected chi connectivity index (χ1v) is 13.5. The molecule has 0 spiro atoms. The van der Waals surface area contributed by atoms with E-state index in [0.29, 0.717) is 30.5 Å². The fourth-order valence-electron chi connectivity index (χ4n) is 6.57. The van der Waals surface area contributed by atoms with E-state index in [1.165, 1.54) is 5.56 Å². The molecule has 3 atom stereocenters. The molecule has 0 radical (unpaired) electrons. The van der Waals surface area contributed by atoms with Crippen molar-refractivity contribution in [1.29, 1.82) is 0 Å². The highest BCUT2D eigenvalue weighted by atomic mass is 32.1. The number of ether oxygens (including phenoxy) is 1. The number of piperidine rings is 1. The van der Waals surface area contributed by atoms with Crippen molar-refractivity contribution >= 4 is 44.6 Å². The highest BCUT2D eigenvalue weighted by molar-refractivity contribution is 7.59. The molecule has 1 saturated carbocycles. The van der Waals surface area contributed by atoms with Crippen molar-refractivity contribution in [3.8, 4) is 0 Å². The van der Waals surface area contributed by atoms with Crippen molar-refractivity contribution in [2.75, 3.05) is 26.2 Å². The zero-order chi connectivity index (χ0) is 24.5. The van der Waals surface area contributed by atoms with E-state index in [1.54, 1.807) is 4.90 Å². The van der Waals surface area contributed by atoms with Crippen molar-refractivity contribution in [2.24, 2.45) is 5.92 Å². The Morgan fingerprint density at radius 2 is 1.58 bits per heavy atom. The van der Waals surface area contributed by atoms with Gasteiger partial charge in [0.1, 0.15) is 18.7 Å². The van der Waals surface area contributed by atoms with Crippen LogP contribution in [0.15, 0.2) is 24.3 Å². The first kappa shape index (κ1) is 32.7. The van der Waals surface area contributed by atoms with Crippen LogP contribution < -0.4 is 5.32 Å². The maximum atomic E-state index is 13.6. The molecule has 1 aliphatic carbocycles. The molecule has 0 bridgehead atoms. The summed E-state index contributed by atoms with van der Waals surface area (Å²) in [4.78, 5) is 43.4. The van der Waals surface area contributed by atoms with Gasteiger partial charge in [-0.1, -0.05) is 32.4 Å². The molecule has 9 heteroatoms. The van der Waals surface area contributed by atoms with Gasteiger partial charge in [0.05, 0.1) is 6.10 Å². The Bertz CT molecular complexity index is 944. The van der Waals surface area contributed by atoms with E-state index in [9.17, 15) is 14.4 Å². The summed E-state index contributed by atoms with van der Waals surface area (Å²) in [7, 11) is 0. The monoisotopic (exact) mass is 565 g/mol. The van der Waals surface area contributed by atoms with Gasteiger partial charge in [-0.2, -0.15) is 27.0 Å². The van der Waals surface area contributed by atoms with Gasteiger partial charge in [-0.15, -0.1) is 0 Å². The Kier molecular flexibility index (Phi) is 12.2. The molecule has 0 aromatic heterocycles. The third-order valence-electron chi connectivity index (χ3n) is 8.72. The summed E-state index contributed by atoms with van der Waals surface area (Å²) in [5.74, 6) is 0.302. The zero-order valence-electron chi connectivity index (χ0n) is 22.1. The Morgan fingerprint density at radius 3 is 2.18 bits per heavy atom. The van der Waals surface area contributed by atoms with Crippen LogP contribution in [0.4, 0.5) is 0 Å². The van der Waals surface area contributed by atoms with Crippen molar-refractivity contribution < 1.29 is 19.1 Å². The van der Waals surface area contributed by atoms with Gasteiger partial charge in [-0.05, 0) is 88.6 Å². The Hall–Kier alpha value is -1.55. The average Bonchev–Trinajstić information content (AvgIpc) is 3.62. The molecule has 5 rings (SSSR count). The number of hydrogen-bond acceptors (Lipinski definition) is 5. The Balaban J connectivity index is 0.00000169. The lowest BCUT2D eigenvalue weighted by molar-refractivity contribution is -0.139. The summed E-state index contributed by atoms with van der Waals surface area (Å²) in [6.07, 6.45) is 6.78. The molecule has 0 unspecified atom stereocenters. The molecule has 2 amide bonds. The molecule has 1 aromatic carbocycles. The van der Waals surface area contributed by atoms with Gasteiger partial charge in [0.15, 0.2) is 5.78 Å². The van der Waals surface area contributed by atoms with Crippen molar-refractivity contribution in [3.05, 3.63) is 35.4 Å². The lowest BCUT2D eigenvalue weighted by atomic mass is 9.88. The SMILES string of the molecule is C.CC(C)N1CCC(c2ccc(C(=O)N[C@H](C(=O)N3CC[C@H]4OCC(=O)[C@H]43)C3CCCC3)cc2)CC1.S.S. The number of benzene rings is 1. The zero-order valence-corrected chi connectivity index (χ0v) is 24.1. The molecule has 7 nitrogen and oxygen atoms in total. The molecule has 4 fully saturated rings. The van der Waals surface area contributed by atoms with E-state index < -0.39 is 12.1 Å². The number of ketones is 1. The normalized spacial score (nSPS) is 24.8. The number of fused-ring (bicyclic) bond motifs is 1. The number of Topliss-reactive ketones (excluding diaryl/α,β-unsaturated/α-hetero) is 1. The smallest absolute Gasteiger partial charge is 0.251 e. The van der Waals surface area contributed by atoms with Gasteiger partial charge in [0.25, 0.3) is 5.91 Å². The number of rotatable bonds is 6. The van der Waals surface area contributed by atoms with Crippen LogP contribution in [0.5, 0.6) is 0 Å². The average molecular weight is 566 g/mol. The summed E-state index contributed by atoms with van der Waals surface area (Å²) in [5, 5.41) is 3.07. The van der Waals surface area contributed by atoms with Crippen LogP contribution in [-0.4, -0.2) is 77.9 Å². The first-order chi connectivity index (χ1) is 16.9. The Labute approximate surface area is 242 Å². The maximum absolute atomic E-state index is 13.6. The van der Waals surface area contributed by atoms with Crippen LogP contribution in [0.1, 0.15) is 88.1 Å². The summed E-state index contributed by atoms with van der Waals surface area (Å²) in [6.45, 7) is 7.33. The predicted octanol–water partition coefficient (Wildman–Crippen LogP) is 3.99. The van der Waals surface area contributed by atoms with E-state index >= 15 is 0 Å². The minimum atomic E-state index is -0.586. The van der Waals surface area contributed by atoms with Crippen LogP contribution >= 0.6 is 27.0 Å². The number of carbonyl (C=O) groups excluding carboxylic acids is 3. The van der Waals surface area contributed by atoms with E-state index in [4.69, 9.17) is 4.74 Å². The standard InChI is InChI=1S/C28H39N3O4.CH4.2H2S/c1-18(2)30-14-11-20(12-15-30)19-7-9-22(10-8-19)27(33)29-25(21-5-3-4-6-21)28(34)31-16-13-24-26(31)23(32)17-35-24;;;/h7-10,18,20-21,24-26H,3-6,11-17H2,1-2H3,(H,29,33);1H4;2*1H2/t24-,25+,26-;;;/m1.../s1. The van der Waals surface area contributed by atoms with E-state index in [0.717, 1.165) is 51.6 Å². The van der Waals surface area contributed by atoms with Crippen molar-refractivity contribution in [3.63, 3.8) is 0 Å². The summed E-state index contributed by atoms with van der Waals surface area (Å²) in [6, 6.07) is 7.48. The largest absolute Gasteiger partial charge is 0.368 e. The highest BCUT2D eigenvalue weighted by Crippen LogP contribution is 2.33. The van der Waals surface area contributed by atoms with Crippen LogP contribution in [0.3, 0.4) is 0 Å². The van der Waals surface area contributed by atoms with Gasteiger partial charge in [-0.25, -0.2) is 0 Å². The molecule has 1 N–H and O–H groups in total. The van der Waals surface area contributed by atoms with E-state index in [1.807, 2.05) is 12.1 Å². The quantitative estimate of drug-likeness (QED) is 0.564. The minimum Gasteiger partial charge on any atom is -0.368 e. The van der Waals surface area contributed by atoms with Gasteiger partial charge < -0.3 is 19.9 Å². The molecular weight excluding hydrogens is 518 g/mol. The second-order valence-corrected chi connectivity index (χ2v) is 11.1. The summed E-state index contributed by atoms with van der Waals surface area (Å²) in [5.41, 5.74) is 1.87. The predicted molar refractivity (Wildman–Crippen MR) is 161 cm³/mol. The highest BCUT2D eigenvalue weighted by Gasteiger charge is 2.49. The van der Waals surface area contributed by atoms with E-state index in [-0.39, 0.29) is 70.6 Å². The molecule has 38 heavy (non-hydrogen) atoms. The topological polar surface area (TPSA) is 79.0 Å². The minimum absolute atomic E-state index is 0. The molecule has 3 aliphatic heterocycles. The van der Waals surface area contributed by atoms with Crippen molar-refractivity contribution in [2.45, 2.75) is 96.4 Å². The number of likely N-dealkylation sites (tertiary alicyclic amines) is 2. The summed E-state index contributed by atoms with van der Waals surface area (Å²) < 4.78 is 5.57. The lowest BCUT2D eigenvalue weighted by Gasteiger charge is -2.34.